The summed E-state index contributed by atoms with van der Waals surface area (Å²) < 4.78 is 39.2. The minimum atomic E-state index is -4.56. The summed E-state index contributed by atoms with van der Waals surface area (Å²) in [5.74, 6) is -1.05. The standard InChI is InChI=1S/C24H25F3N4O3/c1-15(30-11-9-18(10-12-30)28-22(33)16-5-3-2-4-6-16)23(34)31-14-21(32)29-19-13-17(24(25,26)27)7-8-20(19)31/h2-8,13,15,18H,9-12,14H2,1H3,(H,28,33)(H,29,32)/t15-/m1/s1. The lowest BCUT2D eigenvalue weighted by Gasteiger charge is -2.38. The monoisotopic (exact) mass is 474 g/mol. The van der Waals surface area contributed by atoms with Crippen LogP contribution < -0.4 is 15.5 Å². The van der Waals surface area contributed by atoms with Crippen LogP contribution in [0.15, 0.2) is 48.5 Å². The summed E-state index contributed by atoms with van der Waals surface area (Å²) in [6.07, 6.45) is -3.25. The molecule has 2 aromatic carbocycles. The van der Waals surface area contributed by atoms with Crippen molar-refractivity contribution >= 4 is 29.1 Å². The van der Waals surface area contributed by atoms with Crippen LogP contribution in [0.1, 0.15) is 35.7 Å². The van der Waals surface area contributed by atoms with Gasteiger partial charge < -0.3 is 10.6 Å². The van der Waals surface area contributed by atoms with Gasteiger partial charge in [-0.05, 0) is 50.1 Å². The third-order valence-electron chi connectivity index (χ3n) is 6.26. The molecule has 0 saturated carbocycles. The van der Waals surface area contributed by atoms with Gasteiger partial charge in [0.2, 0.25) is 11.8 Å². The Morgan fingerprint density at radius 2 is 1.76 bits per heavy atom. The molecule has 0 unspecified atom stereocenters. The summed E-state index contributed by atoms with van der Waals surface area (Å²) in [4.78, 5) is 41.0. The van der Waals surface area contributed by atoms with E-state index in [0.29, 0.717) is 31.5 Å². The molecule has 0 aliphatic carbocycles. The second-order valence-corrected chi connectivity index (χ2v) is 8.53. The largest absolute Gasteiger partial charge is 0.416 e. The summed E-state index contributed by atoms with van der Waals surface area (Å²) in [6, 6.07) is 11.3. The molecule has 2 N–H and O–H groups in total. The molecule has 34 heavy (non-hydrogen) atoms. The van der Waals surface area contributed by atoms with E-state index in [1.165, 1.54) is 11.0 Å². The first-order chi connectivity index (χ1) is 16.1. The van der Waals surface area contributed by atoms with Crippen LogP contribution in [0.3, 0.4) is 0 Å². The average Bonchev–Trinajstić information content (AvgIpc) is 2.82. The number of nitrogens with zero attached hydrogens (tertiary/aromatic N) is 2. The quantitative estimate of drug-likeness (QED) is 0.713. The summed E-state index contributed by atoms with van der Waals surface area (Å²) in [5.41, 5.74) is -0.0962. The number of benzene rings is 2. The van der Waals surface area contributed by atoms with E-state index in [2.05, 4.69) is 10.6 Å². The lowest BCUT2D eigenvalue weighted by molar-refractivity contribution is -0.137. The molecular weight excluding hydrogens is 449 g/mol. The fourth-order valence-corrected chi connectivity index (χ4v) is 4.33. The molecule has 0 spiro atoms. The zero-order chi connectivity index (χ0) is 24.5. The van der Waals surface area contributed by atoms with Gasteiger partial charge in [0, 0.05) is 24.7 Å². The summed E-state index contributed by atoms with van der Waals surface area (Å²) >= 11 is 0. The molecule has 4 rings (SSSR count). The Kier molecular flexibility index (Phi) is 6.60. The third-order valence-corrected chi connectivity index (χ3v) is 6.26. The summed E-state index contributed by atoms with van der Waals surface area (Å²) in [5, 5.41) is 5.44. The highest BCUT2D eigenvalue weighted by Gasteiger charge is 2.36. The minimum absolute atomic E-state index is 0.0199. The number of carbonyl (C=O) groups is 3. The number of alkyl halides is 3. The van der Waals surface area contributed by atoms with Crippen molar-refractivity contribution in [2.75, 3.05) is 29.9 Å². The minimum Gasteiger partial charge on any atom is -0.349 e. The van der Waals surface area contributed by atoms with Gasteiger partial charge in [0.05, 0.1) is 23.0 Å². The number of hydrogen-bond donors (Lipinski definition) is 2. The predicted octanol–water partition coefficient (Wildman–Crippen LogP) is 3.27. The van der Waals surface area contributed by atoms with E-state index < -0.39 is 23.7 Å². The Labute approximate surface area is 194 Å². The van der Waals surface area contributed by atoms with E-state index in [0.717, 1.165) is 12.1 Å². The molecule has 180 valence electrons. The van der Waals surface area contributed by atoms with E-state index in [9.17, 15) is 27.6 Å². The van der Waals surface area contributed by atoms with Crippen molar-refractivity contribution in [3.8, 4) is 0 Å². The molecule has 2 aliphatic rings. The summed E-state index contributed by atoms with van der Waals surface area (Å²) in [6.45, 7) is 2.59. The van der Waals surface area contributed by atoms with Gasteiger partial charge in [-0.15, -0.1) is 0 Å². The highest BCUT2D eigenvalue weighted by molar-refractivity contribution is 6.11. The Balaban J connectivity index is 1.40. The van der Waals surface area contributed by atoms with Crippen molar-refractivity contribution in [3.63, 3.8) is 0 Å². The van der Waals surface area contributed by atoms with E-state index in [-0.39, 0.29) is 35.8 Å². The first-order valence-electron chi connectivity index (χ1n) is 11.1. The van der Waals surface area contributed by atoms with Gasteiger partial charge in [0.1, 0.15) is 6.54 Å². The molecule has 0 radical (unpaired) electrons. The normalized spacial score (nSPS) is 18.1. The van der Waals surface area contributed by atoms with Gasteiger partial charge in [-0.2, -0.15) is 13.2 Å². The number of rotatable bonds is 4. The van der Waals surface area contributed by atoms with Crippen LogP contribution in [-0.4, -0.2) is 54.3 Å². The number of fused-ring (bicyclic) bond motifs is 1. The lowest BCUT2D eigenvalue weighted by Crippen LogP contribution is -2.54. The van der Waals surface area contributed by atoms with Crippen molar-refractivity contribution < 1.29 is 27.6 Å². The fraction of sp³-hybridized carbons (Fsp3) is 0.375. The molecule has 2 heterocycles. The van der Waals surface area contributed by atoms with Crippen molar-refractivity contribution in [3.05, 3.63) is 59.7 Å². The number of piperidine rings is 1. The number of nitrogens with one attached hydrogen (secondary N) is 2. The number of halogens is 3. The van der Waals surface area contributed by atoms with E-state index in [1.807, 2.05) is 11.0 Å². The molecular formula is C24H25F3N4O3. The van der Waals surface area contributed by atoms with Crippen molar-refractivity contribution in [1.29, 1.82) is 0 Å². The first-order valence-corrected chi connectivity index (χ1v) is 11.1. The van der Waals surface area contributed by atoms with Crippen molar-refractivity contribution in [1.82, 2.24) is 10.2 Å². The van der Waals surface area contributed by atoms with Gasteiger partial charge in [-0.3, -0.25) is 24.2 Å². The molecule has 2 aromatic rings. The molecule has 3 amide bonds. The number of carbonyl (C=O) groups excluding carboxylic acids is 3. The Morgan fingerprint density at radius 1 is 1.09 bits per heavy atom. The molecule has 1 atom stereocenters. The topological polar surface area (TPSA) is 81.8 Å². The zero-order valence-corrected chi connectivity index (χ0v) is 18.6. The van der Waals surface area contributed by atoms with Crippen LogP contribution in [0.5, 0.6) is 0 Å². The van der Waals surface area contributed by atoms with Crippen LogP contribution in [0, 0.1) is 0 Å². The number of amides is 3. The SMILES string of the molecule is C[C@H](C(=O)N1CC(=O)Nc2cc(C(F)(F)F)ccc21)N1CCC(NC(=O)c2ccccc2)CC1. The molecule has 7 nitrogen and oxygen atoms in total. The maximum Gasteiger partial charge on any atom is 0.416 e. The van der Waals surface area contributed by atoms with Crippen LogP contribution in [0.25, 0.3) is 0 Å². The maximum atomic E-state index is 13.2. The Morgan fingerprint density at radius 3 is 2.41 bits per heavy atom. The van der Waals surface area contributed by atoms with Gasteiger partial charge in [-0.25, -0.2) is 0 Å². The predicted molar refractivity (Wildman–Crippen MR) is 120 cm³/mol. The van der Waals surface area contributed by atoms with Gasteiger partial charge in [0.15, 0.2) is 0 Å². The third kappa shape index (κ3) is 5.06. The van der Waals surface area contributed by atoms with Gasteiger partial charge in [-0.1, -0.05) is 18.2 Å². The second kappa shape index (κ2) is 9.46. The summed E-state index contributed by atoms with van der Waals surface area (Å²) in [7, 11) is 0. The van der Waals surface area contributed by atoms with Crippen LogP contribution >= 0.6 is 0 Å². The number of hydrogen-bond acceptors (Lipinski definition) is 4. The zero-order valence-electron chi connectivity index (χ0n) is 18.6. The van der Waals surface area contributed by atoms with E-state index in [4.69, 9.17) is 0 Å². The molecule has 0 aromatic heterocycles. The van der Waals surface area contributed by atoms with Crippen LogP contribution in [0.2, 0.25) is 0 Å². The smallest absolute Gasteiger partial charge is 0.349 e. The van der Waals surface area contributed by atoms with E-state index >= 15 is 0 Å². The average molecular weight is 474 g/mol. The molecule has 1 saturated heterocycles. The first kappa shape index (κ1) is 23.7. The highest BCUT2D eigenvalue weighted by atomic mass is 19.4. The Hall–Kier alpha value is -3.40. The fourth-order valence-electron chi connectivity index (χ4n) is 4.33. The second-order valence-electron chi connectivity index (χ2n) is 8.53. The Bertz CT molecular complexity index is 1080. The maximum absolute atomic E-state index is 13.2. The van der Waals surface area contributed by atoms with Crippen molar-refractivity contribution in [2.45, 2.75) is 38.0 Å². The van der Waals surface area contributed by atoms with E-state index in [1.54, 1.807) is 31.2 Å². The molecule has 2 aliphatic heterocycles. The highest BCUT2D eigenvalue weighted by Crippen LogP contribution is 2.37. The molecule has 10 heteroatoms. The van der Waals surface area contributed by atoms with Gasteiger partial charge >= 0.3 is 6.18 Å². The van der Waals surface area contributed by atoms with Crippen LogP contribution in [-0.2, 0) is 15.8 Å². The number of anilines is 2. The van der Waals surface area contributed by atoms with Crippen LogP contribution in [0.4, 0.5) is 24.5 Å². The lowest BCUT2D eigenvalue weighted by atomic mass is 10.0. The molecule has 0 bridgehead atoms. The van der Waals surface area contributed by atoms with Crippen molar-refractivity contribution in [2.24, 2.45) is 0 Å². The molecule has 1 fully saturated rings. The number of likely N-dealkylation sites (tertiary alicyclic amines) is 1. The van der Waals surface area contributed by atoms with Gasteiger partial charge in [0.25, 0.3) is 5.91 Å².